The van der Waals surface area contributed by atoms with Crippen molar-refractivity contribution in [3.63, 3.8) is 0 Å². The van der Waals surface area contributed by atoms with Crippen molar-refractivity contribution >= 4 is 11.9 Å². The Hall–Kier alpha value is -2.04. The molecule has 23 heavy (non-hydrogen) atoms. The van der Waals surface area contributed by atoms with Crippen molar-refractivity contribution in [3.05, 3.63) is 29.8 Å². The molecule has 1 N–H and O–H groups in total. The summed E-state index contributed by atoms with van der Waals surface area (Å²) in [6.07, 6.45) is 3.48. The molecule has 3 amide bonds. The second-order valence-corrected chi connectivity index (χ2v) is 6.66. The predicted molar refractivity (Wildman–Crippen MR) is 87.1 cm³/mol. The average molecular weight is 316 g/mol. The summed E-state index contributed by atoms with van der Waals surface area (Å²) in [5.74, 6) is 1.36. The number of rotatable bonds is 4. The van der Waals surface area contributed by atoms with Gasteiger partial charge in [0, 0.05) is 0 Å². The van der Waals surface area contributed by atoms with Gasteiger partial charge in [-0.3, -0.25) is 9.69 Å². The summed E-state index contributed by atoms with van der Waals surface area (Å²) in [5, 5.41) is 2.95. The summed E-state index contributed by atoms with van der Waals surface area (Å²) < 4.78 is 5.41. The van der Waals surface area contributed by atoms with Crippen LogP contribution in [0.5, 0.6) is 5.75 Å². The van der Waals surface area contributed by atoms with E-state index in [9.17, 15) is 9.59 Å². The van der Waals surface area contributed by atoms with Crippen LogP contribution in [0.15, 0.2) is 24.3 Å². The first-order chi connectivity index (χ1) is 11.0. The summed E-state index contributed by atoms with van der Waals surface area (Å²) >= 11 is 0. The molecule has 124 valence electrons. The zero-order valence-electron chi connectivity index (χ0n) is 13.8. The number of nitrogens with zero attached hydrogens (tertiary/aromatic N) is 1. The van der Waals surface area contributed by atoms with Gasteiger partial charge in [0.25, 0.3) is 5.91 Å². The lowest BCUT2D eigenvalue weighted by Gasteiger charge is -2.33. The van der Waals surface area contributed by atoms with Gasteiger partial charge in [0.05, 0.1) is 13.2 Å². The van der Waals surface area contributed by atoms with E-state index in [1.165, 1.54) is 4.90 Å². The fourth-order valence-electron chi connectivity index (χ4n) is 3.45. The number of benzene rings is 1. The summed E-state index contributed by atoms with van der Waals surface area (Å²) in [5.41, 5.74) is 0.271. The SMILES string of the molecule is CCOc1ccc(CN2C(=O)NC3(CCC(C)CC3)C2=O)cc1. The maximum Gasteiger partial charge on any atom is 0.325 e. The van der Waals surface area contributed by atoms with E-state index in [-0.39, 0.29) is 11.9 Å². The Morgan fingerprint density at radius 2 is 1.87 bits per heavy atom. The Balaban J connectivity index is 1.70. The number of imide groups is 1. The molecule has 1 aliphatic carbocycles. The number of urea groups is 1. The van der Waals surface area contributed by atoms with Crippen LogP contribution in [0.4, 0.5) is 4.79 Å². The lowest BCUT2D eigenvalue weighted by Crippen LogP contribution is -2.49. The Bertz CT molecular complexity index is 589. The fourth-order valence-corrected chi connectivity index (χ4v) is 3.45. The van der Waals surface area contributed by atoms with E-state index in [0.29, 0.717) is 19.1 Å². The van der Waals surface area contributed by atoms with Crippen LogP contribution < -0.4 is 10.1 Å². The molecule has 1 heterocycles. The highest BCUT2D eigenvalue weighted by atomic mass is 16.5. The number of hydrogen-bond donors (Lipinski definition) is 1. The Morgan fingerprint density at radius 3 is 2.48 bits per heavy atom. The molecule has 1 aromatic carbocycles. The molecule has 5 heteroatoms. The van der Waals surface area contributed by atoms with Gasteiger partial charge in [0.1, 0.15) is 11.3 Å². The van der Waals surface area contributed by atoms with E-state index in [0.717, 1.165) is 37.0 Å². The van der Waals surface area contributed by atoms with Crippen LogP contribution in [0, 0.1) is 5.92 Å². The van der Waals surface area contributed by atoms with E-state index in [1.54, 1.807) is 0 Å². The summed E-state index contributed by atoms with van der Waals surface area (Å²) in [4.78, 5) is 26.4. The Kier molecular flexibility index (Phi) is 4.28. The maximum absolute atomic E-state index is 12.8. The van der Waals surface area contributed by atoms with Gasteiger partial charge in [0.15, 0.2) is 0 Å². The summed E-state index contributed by atoms with van der Waals surface area (Å²) in [6, 6.07) is 7.28. The quantitative estimate of drug-likeness (QED) is 0.868. The minimum absolute atomic E-state index is 0.0664. The third-order valence-electron chi connectivity index (χ3n) is 4.95. The fraction of sp³-hybridized carbons (Fsp3) is 0.556. The van der Waals surface area contributed by atoms with Gasteiger partial charge in [-0.15, -0.1) is 0 Å². The lowest BCUT2D eigenvalue weighted by atomic mass is 9.77. The second kappa shape index (κ2) is 6.22. The molecule has 1 aliphatic heterocycles. The number of carbonyl (C=O) groups excluding carboxylic acids is 2. The molecule has 1 aromatic rings. The first-order valence-corrected chi connectivity index (χ1v) is 8.40. The van der Waals surface area contributed by atoms with Crippen molar-refractivity contribution in [2.24, 2.45) is 5.92 Å². The summed E-state index contributed by atoms with van der Waals surface area (Å²) in [6.45, 7) is 5.07. The molecule has 0 bridgehead atoms. The Labute approximate surface area is 137 Å². The number of nitrogens with one attached hydrogen (secondary N) is 1. The highest BCUT2D eigenvalue weighted by Gasteiger charge is 2.51. The van der Waals surface area contributed by atoms with Crippen molar-refractivity contribution in [2.45, 2.75) is 51.6 Å². The Morgan fingerprint density at radius 1 is 1.22 bits per heavy atom. The minimum Gasteiger partial charge on any atom is -0.494 e. The van der Waals surface area contributed by atoms with Crippen molar-refractivity contribution in [2.75, 3.05) is 6.61 Å². The standard InChI is InChI=1S/C18H24N2O3/c1-3-23-15-6-4-14(5-7-15)12-20-16(21)18(19-17(20)22)10-8-13(2)9-11-18/h4-7,13H,3,8-12H2,1-2H3,(H,19,22). The maximum atomic E-state index is 12.8. The monoisotopic (exact) mass is 316 g/mol. The summed E-state index contributed by atoms with van der Waals surface area (Å²) in [7, 11) is 0. The topological polar surface area (TPSA) is 58.6 Å². The van der Waals surface area contributed by atoms with Gasteiger partial charge in [-0.25, -0.2) is 4.79 Å². The molecule has 5 nitrogen and oxygen atoms in total. The molecular weight excluding hydrogens is 292 g/mol. The van der Waals surface area contributed by atoms with Gasteiger partial charge < -0.3 is 10.1 Å². The second-order valence-electron chi connectivity index (χ2n) is 6.66. The van der Waals surface area contributed by atoms with E-state index < -0.39 is 5.54 Å². The van der Waals surface area contributed by atoms with Crippen LogP contribution in [0.3, 0.4) is 0 Å². The number of ether oxygens (including phenoxy) is 1. The minimum atomic E-state index is -0.658. The molecular formula is C18H24N2O3. The third-order valence-corrected chi connectivity index (χ3v) is 4.95. The van der Waals surface area contributed by atoms with Gasteiger partial charge in [0.2, 0.25) is 0 Å². The largest absolute Gasteiger partial charge is 0.494 e. The molecule has 1 spiro atoms. The molecule has 1 saturated heterocycles. The van der Waals surface area contributed by atoms with Crippen LogP contribution in [0.1, 0.15) is 45.1 Å². The third kappa shape index (κ3) is 3.05. The molecule has 2 fully saturated rings. The first kappa shape index (κ1) is 15.8. The smallest absolute Gasteiger partial charge is 0.325 e. The van der Waals surface area contributed by atoms with Gasteiger partial charge in [-0.1, -0.05) is 19.1 Å². The molecule has 3 rings (SSSR count). The van der Waals surface area contributed by atoms with Gasteiger partial charge in [-0.2, -0.15) is 0 Å². The van der Waals surface area contributed by atoms with Crippen molar-refractivity contribution in [1.82, 2.24) is 10.2 Å². The van der Waals surface area contributed by atoms with E-state index in [1.807, 2.05) is 31.2 Å². The van der Waals surface area contributed by atoms with E-state index in [4.69, 9.17) is 4.74 Å². The van der Waals surface area contributed by atoms with Crippen LogP contribution in [-0.4, -0.2) is 29.0 Å². The highest BCUT2D eigenvalue weighted by molar-refractivity contribution is 6.07. The number of carbonyl (C=O) groups is 2. The van der Waals surface area contributed by atoms with E-state index in [2.05, 4.69) is 12.2 Å². The molecule has 0 atom stereocenters. The van der Waals surface area contributed by atoms with Crippen molar-refractivity contribution in [3.8, 4) is 5.75 Å². The van der Waals surface area contributed by atoms with E-state index >= 15 is 0 Å². The molecule has 0 aromatic heterocycles. The van der Waals surface area contributed by atoms with Gasteiger partial charge >= 0.3 is 6.03 Å². The van der Waals surface area contributed by atoms with Crippen LogP contribution in [0.25, 0.3) is 0 Å². The van der Waals surface area contributed by atoms with Crippen LogP contribution in [0.2, 0.25) is 0 Å². The van der Waals surface area contributed by atoms with Crippen LogP contribution in [-0.2, 0) is 11.3 Å². The molecule has 2 aliphatic rings. The molecule has 1 saturated carbocycles. The molecule has 0 radical (unpaired) electrons. The van der Waals surface area contributed by atoms with Crippen LogP contribution >= 0.6 is 0 Å². The zero-order valence-corrected chi connectivity index (χ0v) is 13.8. The van der Waals surface area contributed by atoms with Gasteiger partial charge in [-0.05, 0) is 56.2 Å². The molecule has 0 unspecified atom stereocenters. The van der Waals surface area contributed by atoms with Crippen molar-refractivity contribution in [1.29, 1.82) is 0 Å². The lowest BCUT2D eigenvalue weighted by molar-refractivity contribution is -0.133. The first-order valence-electron chi connectivity index (χ1n) is 8.40. The normalized spacial score (nSPS) is 27.4. The highest BCUT2D eigenvalue weighted by Crippen LogP contribution is 2.36. The van der Waals surface area contributed by atoms with Crippen molar-refractivity contribution < 1.29 is 14.3 Å². The predicted octanol–water partition coefficient (Wildman–Crippen LogP) is 3.09. The number of amides is 3. The average Bonchev–Trinajstić information content (AvgIpc) is 2.77. The zero-order chi connectivity index (χ0) is 16.4. The number of hydrogen-bond acceptors (Lipinski definition) is 3.